The van der Waals surface area contributed by atoms with Crippen LogP contribution in [0.15, 0.2) is 54.6 Å². The number of benzene rings is 2. The SMILES string of the molecule is Cc1ccc(C#Cc2cc3ccccc3s2)cc1. The fourth-order valence-electron chi connectivity index (χ4n) is 1.81. The summed E-state index contributed by atoms with van der Waals surface area (Å²) in [7, 11) is 0. The zero-order chi connectivity index (χ0) is 12.4. The number of hydrogen-bond acceptors (Lipinski definition) is 1. The summed E-state index contributed by atoms with van der Waals surface area (Å²) < 4.78 is 1.30. The van der Waals surface area contributed by atoms with Gasteiger partial charge in [0.1, 0.15) is 0 Å². The molecule has 1 heteroatoms. The molecule has 3 aromatic rings. The fraction of sp³-hybridized carbons (Fsp3) is 0.0588. The molecule has 3 rings (SSSR count). The largest absolute Gasteiger partial charge is 0.127 e. The molecule has 0 nitrogen and oxygen atoms in total. The molecule has 1 heterocycles. The van der Waals surface area contributed by atoms with E-state index in [9.17, 15) is 0 Å². The first-order chi connectivity index (χ1) is 8.81. The van der Waals surface area contributed by atoms with Gasteiger partial charge >= 0.3 is 0 Å². The lowest BCUT2D eigenvalue weighted by Crippen LogP contribution is -1.74. The van der Waals surface area contributed by atoms with Gasteiger partial charge in [0, 0.05) is 10.3 Å². The van der Waals surface area contributed by atoms with Crippen molar-refractivity contribution >= 4 is 21.4 Å². The van der Waals surface area contributed by atoms with Gasteiger partial charge < -0.3 is 0 Å². The summed E-state index contributed by atoms with van der Waals surface area (Å²) in [5.74, 6) is 6.45. The number of fused-ring (bicyclic) bond motifs is 1. The van der Waals surface area contributed by atoms with Gasteiger partial charge in [0.25, 0.3) is 0 Å². The Hall–Kier alpha value is -2.04. The summed E-state index contributed by atoms with van der Waals surface area (Å²) in [4.78, 5) is 1.12. The van der Waals surface area contributed by atoms with E-state index < -0.39 is 0 Å². The van der Waals surface area contributed by atoms with E-state index in [0.717, 1.165) is 10.4 Å². The summed E-state index contributed by atoms with van der Waals surface area (Å²) in [5.41, 5.74) is 2.33. The molecular weight excluding hydrogens is 236 g/mol. The summed E-state index contributed by atoms with van der Waals surface area (Å²) in [6, 6.07) is 18.9. The molecule has 1 aromatic heterocycles. The third-order valence-corrected chi connectivity index (χ3v) is 3.84. The molecule has 0 aliphatic carbocycles. The van der Waals surface area contributed by atoms with Gasteiger partial charge in [-0.15, -0.1) is 11.3 Å². The molecule has 0 N–H and O–H groups in total. The highest BCUT2D eigenvalue weighted by Gasteiger charge is 1.97. The summed E-state index contributed by atoms with van der Waals surface area (Å²) in [6.45, 7) is 2.09. The predicted octanol–water partition coefficient (Wildman–Crippen LogP) is 4.61. The molecule has 0 saturated carbocycles. The summed E-state index contributed by atoms with van der Waals surface area (Å²) in [6.07, 6.45) is 0. The number of rotatable bonds is 0. The third-order valence-electron chi connectivity index (χ3n) is 2.81. The van der Waals surface area contributed by atoms with Gasteiger partial charge in [-0.3, -0.25) is 0 Å². The Morgan fingerprint density at radius 3 is 2.44 bits per heavy atom. The van der Waals surface area contributed by atoms with Crippen molar-refractivity contribution < 1.29 is 0 Å². The Morgan fingerprint density at radius 2 is 1.67 bits per heavy atom. The fourth-order valence-corrected chi connectivity index (χ4v) is 2.73. The normalized spacial score (nSPS) is 10.1. The van der Waals surface area contributed by atoms with E-state index in [1.54, 1.807) is 11.3 Å². The van der Waals surface area contributed by atoms with Crippen LogP contribution in [0.1, 0.15) is 16.0 Å². The smallest absolute Gasteiger partial charge is 0.0784 e. The number of thiophene rings is 1. The van der Waals surface area contributed by atoms with Crippen LogP contribution in [0.3, 0.4) is 0 Å². The molecule has 0 amide bonds. The molecule has 18 heavy (non-hydrogen) atoms. The molecule has 0 unspecified atom stereocenters. The molecule has 0 bridgehead atoms. The minimum absolute atomic E-state index is 1.07. The summed E-state index contributed by atoms with van der Waals surface area (Å²) in [5, 5.41) is 1.27. The van der Waals surface area contributed by atoms with Crippen LogP contribution in [-0.2, 0) is 0 Å². The highest BCUT2D eigenvalue weighted by atomic mass is 32.1. The van der Waals surface area contributed by atoms with Gasteiger partial charge in [-0.2, -0.15) is 0 Å². The van der Waals surface area contributed by atoms with E-state index in [0.29, 0.717) is 0 Å². The zero-order valence-corrected chi connectivity index (χ0v) is 10.9. The van der Waals surface area contributed by atoms with Crippen molar-refractivity contribution in [2.24, 2.45) is 0 Å². The van der Waals surface area contributed by atoms with Gasteiger partial charge in [0.2, 0.25) is 0 Å². The average molecular weight is 248 g/mol. The van der Waals surface area contributed by atoms with Crippen LogP contribution in [0.2, 0.25) is 0 Å². The molecule has 0 spiro atoms. The summed E-state index contributed by atoms with van der Waals surface area (Å²) >= 11 is 1.75. The molecule has 0 fully saturated rings. The van der Waals surface area contributed by atoms with E-state index in [2.05, 4.69) is 73.4 Å². The van der Waals surface area contributed by atoms with Crippen LogP contribution >= 0.6 is 11.3 Å². The maximum atomic E-state index is 3.24. The average Bonchev–Trinajstić information content (AvgIpc) is 2.81. The van der Waals surface area contributed by atoms with Gasteiger partial charge in [-0.1, -0.05) is 47.7 Å². The van der Waals surface area contributed by atoms with Gasteiger partial charge in [0.15, 0.2) is 0 Å². The van der Waals surface area contributed by atoms with Crippen LogP contribution < -0.4 is 0 Å². The second-order valence-corrected chi connectivity index (χ2v) is 5.35. The van der Waals surface area contributed by atoms with Crippen molar-refractivity contribution in [3.63, 3.8) is 0 Å². The Bertz CT molecular complexity index is 703. The molecule has 0 atom stereocenters. The van der Waals surface area contributed by atoms with Crippen molar-refractivity contribution in [1.29, 1.82) is 0 Å². The van der Waals surface area contributed by atoms with Crippen LogP contribution in [0, 0.1) is 18.8 Å². The van der Waals surface area contributed by atoms with E-state index in [-0.39, 0.29) is 0 Å². The quantitative estimate of drug-likeness (QED) is 0.510. The first-order valence-electron chi connectivity index (χ1n) is 5.88. The lowest BCUT2D eigenvalue weighted by molar-refractivity contribution is 1.46. The van der Waals surface area contributed by atoms with E-state index >= 15 is 0 Å². The first kappa shape index (κ1) is 11.1. The predicted molar refractivity (Wildman–Crippen MR) is 79.0 cm³/mol. The maximum absolute atomic E-state index is 3.24. The van der Waals surface area contributed by atoms with Gasteiger partial charge in [-0.25, -0.2) is 0 Å². The Balaban J connectivity index is 1.95. The first-order valence-corrected chi connectivity index (χ1v) is 6.70. The van der Waals surface area contributed by atoms with Crippen molar-refractivity contribution in [2.45, 2.75) is 6.92 Å². The Labute approximate surface area is 111 Å². The number of aryl methyl sites for hydroxylation is 1. The second-order valence-electron chi connectivity index (χ2n) is 4.26. The molecular formula is C17H12S. The Morgan fingerprint density at radius 1 is 0.889 bits per heavy atom. The highest BCUT2D eigenvalue weighted by molar-refractivity contribution is 7.19. The molecule has 0 saturated heterocycles. The lowest BCUT2D eigenvalue weighted by Gasteiger charge is -1.90. The molecule has 0 radical (unpaired) electrons. The molecule has 0 aliphatic rings. The van der Waals surface area contributed by atoms with E-state index in [1.807, 2.05) is 0 Å². The molecule has 0 aliphatic heterocycles. The third kappa shape index (κ3) is 2.30. The number of hydrogen-bond donors (Lipinski definition) is 0. The van der Waals surface area contributed by atoms with Crippen molar-refractivity contribution in [2.75, 3.05) is 0 Å². The topological polar surface area (TPSA) is 0 Å². The highest BCUT2D eigenvalue weighted by Crippen LogP contribution is 2.24. The maximum Gasteiger partial charge on any atom is 0.0784 e. The van der Waals surface area contributed by atoms with Crippen LogP contribution in [-0.4, -0.2) is 0 Å². The lowest BCUT2D eigenvalue weighted by atomic mass is 10.1. The van der Waals surface area contributed by atoms with Crippen LogP contribution in [0.4, 0.5) is 0 Å². The van der Waals surface area contributed by atoms with Gasteiger partial charge in [-0.05, 0) is 36.6 Å². The van der Waals surface area contributed by atoms with Crippen molar-refractivity contribution in [3.05, 3.63) is 70.6 Å². The molecule has 2 aromatic carbocycles. The van der Waals surface area contributed by atoms with Crippen LogP contribution in [0.25, 0.3) is 10.1 Å². The monoisotopic (exact) mass is 248 g/mol. The van der Waals surface area contributed by atoms with Crippen molar-refractivity contribution in [3.8, 4) is 11.8 Å². The van der Waals surface area contributed by atoms with Crippen molar-refractivity contribution in [1.82, 2.24) is 0 Å². The minimum atomic E-state index is 1.07. The van der Waals surface area contributed by atoms with E-state index in [4.69, 9.17) is 0 Å². The van der Waals surface area contributed by atoms with E-state index in [1.165, 1.54) is 15.6 Å². The van der Waals surface area contributed by atoms with Gasteiger partial charge in [0.05, 0.1) is 4.88 Å². The zero-order valence-electron chi connectivity index (χ0n) is 10.1. The second kappa shape index (κ2) is 4.68. The standard InChI is InChI=1S/C17H12S/c1-13-6-8-14(9-7-13)10-11-16-12-15-4-2-3-5-17(15)18-16/h2-9,12H,1H3. The molecule has 86 valence electrons. The van der Waals surface area contributed by atoms with Crippen LogP contribution in [0.5, 0.6) is 0 Å². The minimum Gasteiger partial charge on any atom is -0.127 e. The Kier molecular flexibility index (Phi) is 2.88.